The lowest BCUT2D eigenvalue weighted by atomic mass is 9.90. The molecule has 1 heterocycles. The first-order valence-electron chi connectivity index (χ1n) is 16.7. The van der Waals surface area contributed by atoms with Gasteiger partial charge in [-0.1, -0.05) is 85.0 Å². The van der Waals surface area contributed by atoms with E-state index in [4.69, 9.17) is 9.47 Å². The Morgan fingerprint density at radius 3 is 2.07 bits per heavy atom. The molecule has 0 spiro atoms. The molecule has 0 radical (unpaired) electrons. The van der Waals surface area contributed by atoms with E-state index in [-0.39, 0.29) is 42.9 Å². The Morgan fingerprint density at radius 2 is 1.54 bits per heavy atom. The third-order valence-electron chi connectivity index (χ3n) is 9.26. The molecule has 1 aliphatic heterocycles. The van der Waals surface area contributed by atoms with Gasteiger partial charge in [0, 0.05) is 25.6 Å². The standard InChI is InChI=1S/C32H61NO7S/c1-4-27(3)31(41(36,37)38)23-28(33-20-14-19-32(33)35)22-26(2)16-15-21-39-24-29(34)25-40-30-17-12-10-8-6-5-7-9-11-13-18-30/h26-31,34H,4-25H2,1-3H3,(H,36,37,38). The fraction of sp³-hybridized carbons (Fsp3) is 0.969. The molecule has 0 aromatic rings. The molecule has 1 aliphatic carbocycles. The Balaban J connectivity index is 1.72. The second kappa shape index (κ2) is 20.3. The van der Waals surface area contributed by atoms with Crippen LogP contribution in [-0.2, 0) is 24.4 Å². The van der Waals surface area contributed by atoms with Crippen LogP contribution in [0.25, 0.3) is 0 Å². The topological polar surface area (TPSA) is 113 Å². The van der Waals surface area contributed by atoms with Crippen LogP contribution in [0.2, 0.25) is 0 Å². The SMILES string of the molecule is CCC(C)C(CC(CC(C)CCCOCC(O)COC1CCCCCCCCCCC1)N1CCCC1=O)S(=O)(=O)O. The van der Waals surface area contributed by atoms with Crippen LogP contribution < -0.4 is 0 Å². The maximum absolute atomic E-state index is 12.5. The van der Waals surface area contributed by atoms with Crippen molar-refractivity contribution in [2.24, 2.45) is 11.8 Å². The van der Waals surface area contributed by atoms with Crippen molar-refractivity contribution in [1.82, 2.24) is 4.90 Å². The number of carbonyl (C=O) groups is 1. The van der Waals surface area contributed by atoms with Gasteiger partial charge in [0.15, 0.2) is 0 Å². The highest BCUT2D eigenvalue weighted by Crippen LogP contribution is 2.29. The molecule has 2 fully saturated rings. The maximum atomic E-state index is 12.5. The Bertz CT molecular complexity index is 796. The summed E-state index contributed by atoms with van der Waals surface area (Å²) in [5.41, 5.74) is 0. The number of aliphatic hydroxyl groups excluding tert-OH is 1. The first-order valence-corrected chi connectivity index (χ1v) is 18.2. The van der Waals surface area contributed by atoms with Gasteiger partial charge >= 0.3 is 0 Å². The molecule has 5 atom stereocenters. The van der Waals surface area contributed by atoms with Crippen molar-refractivity contribution in [1.29, 1.82) is 0 Å². The molecule has 2 N–H and O–H groups in total. The molecule has 242 valence electrons. The largest absolute Gasteiger partial charge is 0.388 e. The van der Waals surface area contributed by atoms with Gasteiger partial charge in [0.05, 0.1) is 24.6 Å². The lowest BCUT2D eigenvalue weighted by Crippen LogP contribution is -2.42. The van der Waals surface area contributed by atoms with Crippen LogP contribution in [0.3, 0.4) is 0 Å². The van der Waals surface area contributed by atoms with E-state index < -0.39 is 21.5 Å². The molecule has 1 saturated carbocycles. The summed E-state index contributed by atoms with van der Waals surface area (Å²) in [6, 6.07) is -0.198. The second-order valence-corrected chi connectivity index (χ2v) is 14.6. The van der Waals surface area contributed by atoms with Crippen molar-refractivity contribution in [3.05, 3.63) is 0 Å². The van der Waals surface area contributed by atoms with E-state index in [0.29, 0.717) is 39.0 Å². The molecule has 1 amide bonds. The van der Waals surface area contributed by atoms with Crippen molar-refractivity contribution in [3.63, 3.8) is 0 Å². The second-order valence-electron chi connectivity index (χ2n) is 12.9. The van der Waals surface area contributed by atoms with Gasteiger partial charge in [0.2, 0.25) is 5.91 Å². The summed E-state index contributed by atoms with van der Waals surface area (Å²) in [6.07, 6.45) is 18.1. The molecule has 9 heteroatoms. The van der Waals surface area contributed by atoms with Crippen molar-refractivity contribution in [2.75, 3.05) is 26.4 Å². The third kappa shape index (κ3) is 15.0. The number of likely N-dealkylation sites (tertiary alicyclic amines) is 1. The molecule has 0 aromatic heterocycles. The van der Waals surface area contributed by atoms with E-state index in [1.165, 1.54) is 57.8 Å². The highest BCUT2D eigenvalue weighted by atomic mass is 32.2. The molecular weight excluding hydrogens is 542 g/mol. The monoisotopic (exact) mass is 603 g/mol. The van der Waals surface area contributed by atoms with Gasteiger partial charge in [-0.3, -0.25) is 9.35 Å². The van der Waals surface area contributed by atoms with E-state index in [1.807, 2.05) is 18.7 Å². The predicted molar refractivity (Wildman–Crippen MR) is 165 cm³/mol. The van der Waals surface area contributed by atoms with Gasteiger partial charge in [-0.05, 0) is 56.8 Å². The summed E-state index contributed by atoms with van der Waals surface area (Å²) >= 11 is 0. The van der Waals surface area contributed by atoms with Gasteiger partial charge in [-0.2, -0.15) is 8.42 Å². The number of nitrogens with zero attached hydrogens (tertiary/aromatic N) is 1. The minimum atomic E-state index is -4.20. The zero-order valence-electron chi connectivity index (χ0n) is 26.3. The average Bonchev–Trinajstić information content (AvgIpc) is 3.35. The molecule has 8 nitrogen and oxygen atoms in total. The summed E-state index contributed by atoms with van der Waals surface area (Å²) in [6.45, 7) is 7.67. The fourth-order valence-electron chi connectivity index (χ4n) is 6.51. The minimum absolute atomic E-state index is 0.0800. The highest BCUT2D eigenvalue weighted by Gasteiger charge is 2.36. The maximum Gasteiger partial charge on any atom is 0.268 e. The van der Waals surface area contributed by atoms with Crippen LogP contribution in [0.1, 0.15) is 136 Å². The molecule has 2 aliphatic rings. The highest BCUT2D eigenvalue weighted by molar-refractivity contribution is 7.86. The Labute approximate surface area is 251 Å². The van der Waals surface area contributed by atoms with Gasteiger partial charge in [0.25, 0.3) is 10.1 Å². The number of carbonyl (C=O) groups excluding carboxylic acids is 1. The average molecular weight is 604 g/mol. The zero-order valence-corrected chi connectivity index (χ0v) is 27.1. The number of ether oxygens (including phenoxy) is 2. The molecular formula is C32H61NO7S. The van der Waals surface area contributed by atoms with E-state index >= 15 is 0 Å². The Morgan fingerprint density at radius 1 is 0.927 bits per heavy atom. The summed E-state index contributed by atoms with van der Waals surface area (Å²) in [5.74, 6) is 0.168. The molecule has 0 aromatic carbocycles. The molecule has 0 bridgehead atoms. The lowest BCUT2D eigenvalue weighted by Gasteiger charge is -2.33. The number of hydrogen-bond donors (Lipinski definition) is 2. The predicted octanol–water partition coefficient (Wildman–Crippen LogP) is 6.54. The quantitative estimate of drug-likeness (QED) is 0.143. The third-order valence-corrected chi connectivity index (χ3v) is 10.7. The molecule has 41 heavy (non-hydrogen) atoms. The zero-order chi connectivity index (χ0) is 30.1. The fourth-order valence-corrected chi connectivity index (χ4v) is 7.75. The first kappa shape index (κ1) is 36.5. The smallest absolute Gasteiger partial charge is 0.268 e. The first-order chi connectivity index (χ1) is 19.6. The summed E-state index contributed by atoms with van der Waals surface area (Å²) < 4.78 is 46.1. The van der Waals surface area contributed by atoms with Crippen LogP contribution in [0.15, 0.2) is 0 Å². The number of amides is 1. The number of rotatable bonds is 17. The van der Waals surface area contributed by atoms with Crippen molar-refractivity contribution in [2.45, 2.75) is 160 Å². The Kier molecular flexibility index (Phi) is 18.0. The summed E-state index contributed by atoms with van der Waals surface area (Å²) in [4.78, 5) is 14.4. The van der Waals surface area contributed by atoms with E-state index in [1.54, 1.807) is 0 Å². The van der Waals surface area contributed by atoms with Gasteiger partial charge < -0.3 is 19.5 Å². The van der Waals surface area contributed by atoms with Crippen LogP contribution in [0.4, 0.5) is 0 Å². The minimum Gasteiger partial charge on any atom is -0.388 e. The van der Waals surface area contributed by atoms with Gasteiger partial charge in [0.1, 0.15) is 6.10 Å². The Hall–Kier alpha value is -0.740. The van der Waals surface area contributed by atoms with E-state index in [0.717, 1.165) is 32.1 Å². The van der Waals surface area contributed by atoms with Crippen LogP contribution in [-0.4, -0.2) is 78.7 Å². The van der Waals surface area contributed by atoms with Gasteiger partial charge in [-0.15, -0.1) is 0 Å². The molecule has 2 rings (SSSR count). The van der Waals surface area contributed by atoms with Crippen molar-refractivity contribution >= 4 is 16.0 Å². The molecule has 1 saturated heterocycles. The van der Waals surface area contributed by atoms with Crippen LogP contribution in [0.5, 0.6) is 0 Å². The van der Waals surface area contributed by atoms with Crippen LogP contribution >= 0.6 is 0 Å². The molecule has 5 unspecified atom stereocenters. The lowest BCUT2D eigenvalue weighted by molar-refractivity contribution is -0.130. The van der Waals surface area contributed by atoms with Crippen LogP contribution in [0, 0.1) is 11.8 Å². The van der Waals surface area contributed by atoms with E-state index in [9.17, 15) is 22.9 Å². The summed E-state index contributed by atoms with van der Waals surface area (Å²) in [5, 5.41) is 9.55. The normalized spacial score (nSPS) is 22.5. The van der Waals surface area contributed by atoms with Crippen molar-refractivity contribution < 1.29 is 32.3 Å². The number of aliphatic hydroxyl groups is 1. The van der Waals surface area contributed by atoms with Crippen molar-refractivity contribution in [3.8, 4) is 0 Å². The van der Waals surface area contributed by atoms with E-state index in [2.05, 4.69) is 6.92 Å². The van der Waals surface area contributed by atoms with Gasteiger partial charge in [-0.25, -0.2) is 0 Å². The number of hydrogen-bond acceptors (Lipinski definition) is 6. The summed E-state index contributed by atoms with van der Waals surface area (Å²) in [7, 11) is -4.20.